The summed E-state index contributed by atoms with van der Waals surface area (Å²) in [6, 6.07) is 16.3. The summed E-state index contributed by atoms with van der Waals surface area (Å²) in [5.74, 6) is -0.116. The summed E-state index contributed by atoms with van der Waals surface area (Å²) in [4.78, 5) is 29.7. The van der Waals surface area contributed by atoms with Gasteiger partial charge in [0.25, 0.3) is 5.91 Å². The standard InChI is InChI=1S/C24H28N4O2/c1-18-6-8-20(9-7-18)17-26-12-14-27(15-13-26)24(30)22-10-11-23(29)28(25-22)21-5-3-4-19(2)16-21/h3-9,16H,10-15,17H2,1-2H3. The molecule has 30 heavy (non-hydrogen) atoms. The molecule has 2 aromatic rings. The Morgan fingerprint density at radius 1 is 0.933 bits per heavy atom. The molecule has 0 spiro atoms. The molecule has 0 radical (unpaired) electrons. The molecule has 6 heteroatoms. The maximum absolute atomic E-state index is 13.0. The SMILES string of the molecule is Cc1ccc(CN2CCN(C(=O)C3=NN(c4cccc(C)c4)C(=O)CC3)CC2)cc1. The number of amides is 2. The zero-order valence-electron chi connectivity index (χ0n) is 17.7. The lowest BCUT2D eigenvalue weighted by Crippen LogP contribution is -2.51. The minimum absolute atomic E-state index is 0.0462. The summed E-state index contributed by atoms with van der Waals surface area (Å²) >= 11 is 0. The van der Waals surface area contributed by atoms with Crippen LogP contribution in [0.4, 0.5) is 5.69 Å². The third kappa shape index (κ3) is 4.60. The molecule has 0 aliphatic carbocycles. The summed E-state index contributed by atoms with van der Waals surface area (Å²) in [5, 5.41) is 5.83. The number of carbonyl (C=O) groups excluding carboxylic acids is 2. The Hall–Kier alpha value is -2.99. The molecule has 6 nitrogen and oxygen atoms in total. The van der Waals surface area contributed by atoms with Crippen LogP contribution in [0.3, 0.4) is 0 Å². The van der Waals surface area contributed by atoms with Gasteiger partial charge in [-0.2, -0.15) is 5.10 Å². The summed E-state index contributed by atoms with van der Waals surface area (Å²) < 4.78 is 0. The summed E-state index contributed by atoms with van der Waals surface area (Å²) in [6.07, 6.45) is 0.718. The molecule has 2 amide bonds. The van der Waals surface area contributed by atoms with E-state index in [0.717, 1.165) is 25.2 Å². The number of hydrazone groups is 1. The predicted octanol–water partition coefficient (Wildman–Crippen LogP) is 3.13. The summed E-state index contributed by atoms with van der Waals surface area (Å²) in [6.45, 7) is 8.02. The van der Waals surface area contributed by atoms with Crippen LogP contribution < -0.4 is 5.01 Å². The topological polar surface area (TPSA) is 56.2 Å². The second kappa shape index (κ2) is 8.79. The van der Waals surface area contributed by atoms with Gasteiger partial charge in [-0.15, -0.1) is 0 Å². The minimum atomic E-state index is -0.0694. The maximum Gasteiger partial charge on any atom is 0.270 e. The molecule has 0 atom stereocenters. The second-order valence-electron chi connectivity index (χ2n) is 8.15. The van der Waals surface area contributed by atoms with Crippen molar-refractivity contribution in [2.75, 3.05) is 31.2 Å². The lowest BCUT2D eigenvalue weighted by atomic mass is 10.1. The highest BCUT2D eigenvalue weighted by Crippen LogP contribution is 2.22. The van der Waals surface area contributed by atoms with Crippen molar-refractivity contribution in [3.63, 3.8) is 0 Å². The number of aryl methyl sites for hydroxylation is 2. The van der Waals surface area contributed by atoms with Crippen molar-refractivity contribution in [3.8, 4) is 0 Å². The van der Waals surface area contributed by atoms with Crippen LogP contribution >= 0.6 is 0 Å². The Morgan fingerprint density at radius 2 is 1.67 bits per heavy atom. The van der Waals surface area contributed by atoms with Gasteiger partial charge in [0.2, 0.25) is 5.91 Å². The van der Waals surface area contributed by atoms with Gasteiger partial charge in [0.15, 0.2) is 0 Å². The van der Waals surface area contributed by atoms with E-state index in [1.807, 2.05) is 36.1 Å². The number of benzene rings is 2. The van der Waals surface area contributed by atoms with E-state index in [0.29, 0.717) is 37.3 Å². The van der Waals surface area contributed by atoms with E-state index >= 15 is 0 Å². The Bertz CT molecular complexity index is 959. The largest absolute Gasteiger partial charge is 0.335 e. The summed E-state index contributed by atoms with van der Waals surface area (Å²) in [7, 11) is 0. The first-order chi connectivity index (χ1) is 14.5. The number of nitrogens with zero attached hydrogens (tertiary/aromatic N) is 4. The molecular weight excluding hydrogens is 376 g/mol. The minimum Gasteiger partial charge on any atom is -0.335 e. The van der Waals surface area contributed by atoms with Gasteiger partial charge >= 0.3 is 0 Å². The highest BCUT2D eigenvalue weighted by molar-refractivity contribution is 6.40. The zero-order chi connectivity index (χ0) is 21.1. The van der Waals surface area contributed by atoms with Gasteiger partial charge in [-0.1, -0.05) is 42.0 Å². The van der Waals surface area contributed by atoms with Gasteiger partial charge in [0, 0.05) is 45.6 Å². The molecule has 2 aromatic carbocycles. The first-order valence-electron chi connectivity index (χ1n) is 10.5. The third-order valence-corrected chi connectivity index (χ3v) is 5.71. The molecule has 4 rings (SSSR count). The number of hydrogen-bond acceptors (Lipinski definition) is 4. The van der Waals surface area contributed by atoms with Gasteiger partial charge in [0.1, 0.15) is 5.71 Å². The van der Waals surface area contributed by atoms with Gasteiger partial charge in [0.05, 0.1) is 5.69 Å². The molecule has 156 valence electrons. The van der Waals surface area contributed by atoms with Crippen molar-refractivity contribution in [2.45, 2.75) is 33.2 Å². The van der Waals surface area contributed by atoms with Crippen molar-refractivity contribution >= 4 is 23.2 Å². The average molecular weight is 405 g/mol. The van der Waals surface area contributed by atoms with Crippen molar-refractivity contribution in [1.29, 1.82) is 0 Å². The normalized spacial score (nSPS) is 17.8. The van der Waals surface area contributed by atoms with E-state index < -0.39 is 0 Å². The van der Waals surface area contributed by atoms with Crippen molar-refractivity contribution in [3.05, 3.63) is 65.2 Å². The average Bonchev–Trinajstić information content (AvgIpc) is 2.76. The van der Waals surface area contributed by atoms with Crippen LogP contribution in [-0.4, -0.2) is 53.5 Å². The fraction of sp³-hybridized carbons (Fsp3) is 0.375. The molecule has 0 unspecified atom stereocenters. The van der Waals surface area contributed by atoms with Crippen LogP contribution in [0, 0.1) is 13.8 Å². The first kappa shape index (κ1) is 20.3. The number of hydrogen-bond donors (Lipinski definition) is 0. The highest BCUT2D eigenvalue weighted by Gasteiger charge is 2.30. The Kier molecular flexibility index (Phi) is 5.95. The van der Waals surface area contributed by atoms with E-state index in [4.69, 9.17) is 0 Å². The molecule has 2 heterocycles. The Balaban J connectivity index is 1.39. The Labute approximate surface area is 177 Å². The molecule has 0 aromatic heterocycles. The molecule has 0 saturated carbocycles. The van der Waals surface area contributed by atoms with E-state index in [1.54, 1.807) is 0 Å². The van der Waals surface area contributed by atoms with E-state index in [1.165, 1.54) is 16.1 Å². The second-order valence-corrected chi connectivity index (χ2v) is 8.15. The monoisotopic (exact) mass is 404 g/mol. The molecule has 0 bridgehead atoms. The van der Waals surface area contributed by atoms with E-state index in [2.05, 4.69) is 41.2 Å². The van der Waals surface area contributed by atoms with Gasteiger partial charge in [-0.25, -0.2) is 5.01 Å². The van der Waals surface area contributed by atoms with Crippen LogP contribution in [0.2, 0.25) is 0 Å². The molecule has 2 aliphatic heterocycles. The van der Waals surface area contributed by atoms with Crippen molar-refractivity contribution < 1.29 is 9.59 Å². The predicted molar refractivity (Wildman–Crippen MR) is 118 cm³/mol. The van der Waals surface area contributed by atoms with Crippen LogP contribution in [0.1, 0.15) is 29.5 Å². The van der Waals surface area contributed by atoms with Crippen molar-refractivity contribution in [2.24, 2.45) is 5.10 Å². The fourth-order valence-corrected chi connectivity index (χ4v) is 3.91. The number of anilines is 1. The molecular formula is C24H28N4O2. The van der Waals surface area contributed by atoms with Crippen LogP contribution in [0.15, 0.2) is 53.6 Å². The Morgan fingerprint density at radius 3 is 2.37 bits per heavy atom. The first-order valence-corrected chi connectivity index (χ1v) is 10.5. The molecule has 2 aliphatic rings. The number of carbonyl (C=O) groups is 2. The molecule has 1 saturated heterocycles. The van der Waals surface area contributed by atoms with Crippen LogP contribution in [-0.2, 0) is 16.1 Å². The fourth-order valence-electron chi connectivity index (χ4n) is 3.91. The van der Waals surface area contributed by atoms with E-state index in [-0.39, 0.29) is 11.8 Å². The van der Waals surface area contributed by atoms with Gasteiger partial charge < -0.3 is 4.90 Å². The lowest BCUT2D eigenvalue weighted by molar-refractivity contribution is -0.126. The quantitative estimate of drug-likeness (QED) is 0.787. The van der Waals surface area contributed by atoms with Crippen LogP contribution in [0.5, 0.6) is 0 Å². The summed E-state index contributed by atoms with van der Waals surface area (Å²) in [5.41, 5.74) is 4.81. The van der Waals surface area contributed by atoms with E-state index in [9.17, 15) is 9.59 Å². The lowest BCUT2D eigenvalue weighted by Gasteiger charge is -2.35. The number of rotatable bonds is 4. The molecule has 0 N–H and O–H groups in total. The molecule has 1 fully saturated rings. The smallest absolute Gasteiger partial charge is 0.270 e. The maximum atomic E-state index is 13.0. The van der Waals surface area contributed by atoms with Gasteiger partial charge in [-0.05, 0) is 37.1 Å². The highest BCUT2D eigenvalue weighted by atomic mass is 16.2. The van der Waals surface area contributed by atoms with Crippen molar-refractivity contribution in [1.82, 2.24) is 9.80 Å². The zero-order valence-corrected chi connectivity index (χ0v) is 17.7. The third-order valence-electron chi connectivity index (χ3n) is 5.71. The number of piperazine rings is 1. The van der Waals surface area contributed by atoms with Gasteiger partial charge in [-0.3, -0.25) is 14.5 Å². The van der Waals surface area contributed by atoms with Crippen LogP contribution in [0.25, 0.3) is 0 Å².